The number of hydrogen-bond donors (Lipinski definition) is 0. The van der Waals surface area contributed by atoms with E-state index in [2.05, 4.69) is 41.0 Å². The number of ether oxygens (including phenoxy) is 1. The summed E-state index contributed by atoms with van der Waals surface area (Å²) in [6, 6.07) is 13.3. The van der Waals surface area contributed by atoms with E-state index in [0.717, 1.165) is 44.7 Å². The number of aryl methyl sites for hydroxylation is 1. The Morgan fingerprint density at radius 2 is 1.83 bits per heavy atom. The van der Waals surface area contributed by atoms with Gasteiger partial charge >= 0.3 is 0 Å². The van der Waals surface area contributed by atoms with Crippen LogP contribution in [0.15, 0.2) is 42.5 Å². The number of methoxy groups -OCH3 is 1. The van der Waals surface area contributed by atoms with Gasteiger partial charge in [-0.05, 0) is 55.3 Å². The van der Waals surface area contributed by atoms with Gasteiger partial charge in [0, 0.05) is 33.2 Å². The molecule has 1 heterocycles. The number of nitrogens with zero attached hydrogens (tertiary/aromatic N) is 3. The Morgan fingerprint density at radius 1 is 1.10 bits per heavy atom. The first-order valence-electron chi connectivity index (χ1n) is 10.5. The van der Waals surface area contributed by atoms with Crippen LogP contribution in [-0.4, -0.2) is 67.5 Å². The van der Waals surface area contributed by atoms with Crippen LogP contribution in [0.2, 0.25) is 0 Å². The highest BCUT2D eigenvalue weighted by Gasteiger charge is 2.19. The number of amides is 1. The predicted octanol–water partition coefficient (Wildman–Crippen LogP) is 3.31. The van der Waals surface area contributed by atoms with Crippen molar-refractivity contribution in [2.45, 2.75) is 26.4 Å². The largest absolute Gasteiger partial charge is 0.494 e. The third-order valence-corrected chi connectivity index (χ3v) is 5.76. The van der Waals surface area contributed by atoms with Gasteiger partial charge < -0.3 is 9.64 Å². The summed E-state index contributed by atoms with van der Waals surface area (Å²) >= 11 is 0. The zero-order chi connectivity index (χ0) is 21.5. The lowest BCUT2D eigenvalue weighted by molar-refractivity contribution is -0.131. The minimum Gasteiger partial charge on any atom is -0.494 e. The molecule has 6 heteroatoms. The minimum absolute atomic E-state index is 0.0542. The molecule has 0 N–H and O–H groups in total. The van der Waals surface area contributed by atoms with Crippen LogP contribution in [0, 0.1) is 12.7 Å². The summed E-state index contributed by atoms with van der Waals surface area (Å²) in [6.45, 7) is 7.68. The number of benzene rings is 2. The highest BCUT2D eigenvalue weighted by Crippen LogP contribution is 2.18. The van der Waals surface area contributed by atoms with Gasteiger partial charge in [-0.1, -0.05) is 30.3 Å². The lowest BCUT2D eigenvalue weighted by Crippen LogP contribution is -2.39. The van der Waals surface area contributed by atoms with Gasteiger partial charge in [0.15, 0.2) is 11.6 Å². The van der Waals surface area contributed by atoms with Crippen molar-refractivity contribution < 1.29 is 13.9 Å². The lowest BCUT2D eigenvalue weighted by atomic mass is 10.1. The molecule has 162 valence electrons. The summed E-state index contributed by atoms with van der Waals surface area (Å²) in [4.78, 5) is 19.1. The Bertz CT molecular complexity index is 858. The molecule has 0 saturated carbocycles. The van der Waals surface area contributed by atoms with Crippen LogP contribution in [0.1, 0.15) is 23.1 Å². The molecule has 1 fully saturated rings. The zero-order valence-electron chi connectivity index (χ0n) is 18.2. The van der Waals surface area contributed by atoms with E-state index in [0.29, 0.717) is 13.1 Å². The summed E-state index contributed by atoms with van der Waals surface area (Å²) < 4.78 is 18.8. The highest BCUT2D eigenvalue weighted by molar-refractivity contribution is 5.78. The lowest BCUT2D eigenvalue weighted by Gasteiger charge is -2.24. The molecule has 2 aromatic carbocycles. The third-order valence-electron chi connectivity index (χ3n) is 5.76. The molecule has 0 spiro atoms. The number of likely N-dealkylation sites (N-methyl/N-ethyl adjacent to an activating group) is 1. The van der Waals surface area contributed by atoms with Gasteiger partial charge in [0.1, 0.15) is 0 Å². The Labute approximate surface area is 179 Å². The number of carbonyl (C=O) groups excluding carboxylic acids is 1. The Morgan fingerprint density at radius 3 is 2.57 bits per heavy atom. The third kappa shape index (κ3) is 6.03. The van der Waals surface area contributed by atoms with Crippen molar-refractivity contribution in [3.05, 3.63) is 65.0 Å². The fourth-order valence-corrected chi connectivity index (χ4v) is 3.85. The fraction of sp³-hybridized carbons (Fsp3) is 0.458. The molecule has 5 nitrogen and oxygen atoms in total. The van der Waals surface area contributed by atoms with Crippen molar-refractivity contribution in [3.8, 4) is 5.75 Å². The standard InChI is InChI=1S/C24H32FN3O2/c1-19-7-4-5-8-21(19)17-27-11-6-12-28(14-13-27)18-24(29)26(2)16-20-9-10-23(30-3)22(25)15-20/h4-5,7-10,15H,6,11-14,16-18H2,1-3H3. The summed E-state index contributed by atoms with van der Waals surface area (Å²) in [6.07, 6.45) is 1.05. The minimum atomic E-state index is -0.405. The Balaban J connectivity index is 1.49. The maximum atomic E-state index is 13.9. The van der Waals surface area contributed by atoms with Gasteiger partial charge in [0.05, 0.1) is 13.7 Å². The SMILES string of the molecule is COc1ccc(CN(C)C(=O)CN2CCCN(Cc3ccccc3C)CC2)cc1F. The van der Waals surface area contributed by atoms with Gasteiger partial charge in [0.25, 0.3) is 0 Å². The summed E-state index contributed by atoms with van der Waals surface area (Å²) in [5, 5.41) is 0. The summed E-state index contributed by atoms with van der Waals surface area (Å²) in [5.74, 6) is -0.136. The van der Waals surface area contributed by atoms with E-state index < -0.39 is 5.82 Å². The molecular weight excluding hydrogens is 381 g/mol. The molecule has 30 heavy (non-hydrogen) atoms. The quantitative estimate of drug-likeness (QED) is 0.698. The van der Waals surface area contributed by atoms with Gasteiger partial charge in [-0.15, -0.1) is 0 Å². The average Bonchev–Trinajstić information content (AvgIpc) is 2.95. The van der Waals surface area contributed by atoms with Gasteiger partial charge in [0.2, 0.25) is 5.91 Å². The van der Waals surface area contributed by atoms with Crippen LogP contribution in [0.4, 0.5) is 4.39 Å². The number of halogens is 1. The number of hydrogen-bond acceptors (Lipinski definition) is 4. The molecule has 0 bridgehead atoms. The van der Waals surface area contributed by atoms with Crippen molar-refractivity contribution in [1.82, 2.24) is 14.7 Å². The number of rotatable bonds is 7. The summed E-state index contributed by atoms with van der Waals surface area (Å²) in [7, 11) is 3.21. The van der Waals surface area contributed by atoms with E-state index >= 15 is 0 Å². The normalized spacial score (nSPS) is 15.6. The molecule has 2 aromatic rings. The maximum absolute atomic E-state index is 13.9. The molecule has 0 atom stereocenters. The molecule has 0 radical (unpaired) electrons. The Kier molecular flexibility index (Phi) is 7.82. The van der Waals surface area contributed by atoms with Crippen molar-refractivity contribution in [2.75, 3.05) is 46.9 Å². The van der Waals surface area contributed by atoms with Gasteiger partial charge in [-0.2, -0.15) is 0 Å². The van der Waals surface area contributed by atoms with E-state index in [1.807, 2.05) is 0 Å². The van der Waals surface area contributed by atoms with Crippen LogP contribution >= 0.6 is 0 Å². The van der Waals surface area contributed by atoms with Crippen LogP contribution in [0.25, 0.3) is 0 Å². The van der Waals surface area contributed by atoms with E-state index in [9.17, 15) is 9.18 Å². The average molecular weight is 414 g/mol. The van der Waals surface area contributed by atoms with Crippen LogP contribution < -0.4 is 4.74 Å². The Hall–Kier alpha value is -2.44. The van der Waals surface area contributed by atoms with Crippen molar-refractivity contribution >= 4 is 5.91 Å². The molecule has 1 saturated heterocycles. The van der Waals surface area contributed by atoms with Crippen LogP contribution in [0.5, 0.6) is 5.75 Å². The molecule has 1 aliphatic rings. The second kappa shape index (κ2) is 10.5. The molecule has 0 unspecified atom stereocenters. The first-order chi connectivity index (χ1) is 14.5. The van der Waals surface area contributed by atoms with Crippen LogP contribution in [0.3, 0.4) is 0 Å². The first-order valence-corrected chi connectivity index (χ1v) is 10.5. The molecular formula is C24H32FN3O2. The first kappa shape index (κ1) is 22.2. The fourth-order valence-electron chi connectivity index (χ4n) is 3.85. The predicted molar refractivity (Wildman–Crippen MR) is 117 cm³/mol. The highest BCUT2D eigenvalue weighted by atomic mass is 19.1. The topological polar surface area (TPSA) is 36.0 Å². The van der Waals surface area contributed by atoms with Crippen molar-refractivity contribution in [1.29, 1.82) is 0 Å². The van der Waals surface area contributed by atoms with E-state index in [4.69, 9.17) is 4.74 Å². The molecule has 0 aliphatic carbocycles. The summed E-state index contributed by atoms with van der Waals surface area (Å²) in [5.41, 5.74) is 3.45. The zero-order valence-corrected chi connectivity index (χ0v) is 18.2. The molecule has 1 aliphatic heterocycles. The van der Waals surface area contributed by atoms with E-state index in [-0.39, 0.29) is 11.7 Å². The monoisotopic (exact) mass is 413 g/mol. The van der Waals surface area contributed by atoms with Crippen LogP contribution in [-0.2, 0) is 17.9 Å². The molecule has 3 rings (SSSR count). The van der Waals surface area contributed by atoms with Gasteiger partial charge in [-0.3, -0.25) is 14.6 Å². The molecule has 0 aromatic heterocycles. The second-order valence-corrected chi connectivity index (χ2v) is 8.05. The van der Waals surface area contributed by atoms with Gasteiger partial charge in [-0.25, -0.2) is 4.39 Å². The second-order valence-electron chi connectivity index (χ2n) is 8.05. The van der Waals surface area contributed by atoms with E-state index in [1.54, 1.807) is 24.1 Å². The molecule has 1 amide bonds. The maximum Gasteiger partial charge on any atom is 0.236 e. The smallest absolute Gasteiger partial charge is 0.236 e. The van der Waals surface area contributed by atoms with Crippen molar-refractivity contribution in [3.63, 3.8) is 0 Å². The van der Waals surface area contributed by atoms with Crippen molar-refractivity contribution in [2.24, 2.45) is 0 Å². The number of carbonyl (C=O) groups is 1. The van der Waals surface area contributed by atoms with E-state index in [1.165, 1.54) is 24.3 Å².